The maximum atomic E-state index is 12.2. The topological polar surface area (TPSA) is 63.6 Å². The van der Waals surface area contributed by atoms with Gasteiger partial charge in [0.25, 0.3) is 0 Å². The molecule has 0 bridgehead atoms. The van der Waals surface area contributed by atoms with Gasteiger partial charge in [0.2, 0.25) is 0 Å². The Bertz CT molecular complexity index is 343. The summed E-state index contributed by atoms with van der Waals surface area (Å²) in [6, 6.07) is 0. The highest BCUT2D eigenvalue weighted by atomic mass is 16.6. The lowest BCUT2D eigenvalue weighted by Gasteiger charge is -2.23. The van der Waals surface area contributed by atoms with Crippen molar-refractivity contribution < 1.29 is 19.4 Å². The lowest BCUT2D eigenvalue weighted by Crippen LogP contribution is -2.32. The molecule has 0 amide bonds. The zero-order chi connectivity index (χ0) is 15.3. The highest BCUT2D eigenvalue weighted by Gasteiger charge is 2.44. The van der Waals surface area contributed by atoms with Crippen molar-refractivity contribution in [1.29, 1.82) is 0 Å². The van der Waals surface area contributed by atoms with E-state index in [1.807, 2.05) is 20.8 Å². The van der Waals surface area contributed by atoms with Gasteiger partial charge in [-0.3, -0.25) is 9.59 Å². The van der Waals surface area contributed by atoms with E-state index in [1.165, 1.54) is 6.42 Å². The molecule has 1 rings (SSSR count). The lowest BCUT2D eigenvalue weighted by atomic mass is 9.96. The Balaban J connectivity index is 2.63. The van der Waals surface area contributed by atoms with Gasteiger partial charge < -0.3 is 9.84 Å². The van der Waals surface area contributed by atoms with Crippen molar-refractivity contribution >= 4 is 11.9 Å². The quantitative estimate of drug-likeness (QED) is 0.597. The van der Waals surface area contributed by atoms with E-state index in [4.69, 9.17) is 4.74 Å². The third kappa shape index (κ3) is 5.14. The maximum absolute atomic E-state index is 12.2. The van der Waals surface area contributed by atoms with Crippen LogP contribution in [0.25, 0.3) is 0 Å². The average molecular weight is 284 g/mol. The largest absolute Gasteiger partial charge is 0.481 e. The fourth-order valence-electron chi connectivity index (χ4n) is 2.97. The van der Waals surface area contributed by atoms with Gasteiger partial charge in [-0.05, 0) is 39.5 Å². The van der Waals surface area contributed by atoms with E-state index in [9.17, 15) is 14.7 Å². The molecule has 116 valence electrons. The molecule has 1 aliphatic rings. The second-order valence-electron chi connectivity index (χ2n) is 6.92. The van der Waals surface area contributed by atoms with Crippen LogP contribution < -0.4 is 0 Å². The van der Waals surface area contributed by atoms with Gasteiger partial charge in [0.05, 0.1) is 11.8 Å². The summed E-state index contributed by atoms with van der Waals surface area (Å²) in [7, 11) is 0. The van der Waals surface area contributed by atoms with Gasteiger partial charge in [-0.2, -0.15) is 0 Å². The van der Waals surface area contributed by atoms with Crippen LogP contribution in [0.4, 0.5) is 0 Å². The number of ether oxygens (including phenoxy) is 1. The molecule has 0 spiro atoms. The molecule has 1 saturated carbocycles. The van der Waals surface area contributed by atoms with Gasteiger partial charge in [0, 0.05) is 0 Å². The van der Waals surface area contributed by atoms with Gasteiger partial charge in [0.15, 0.2) is 0 Å². The summed E-state index contributed by atoms with van der Waals surface area (Å²) in [5.41, 5.74) is -0.555. The van der Waals surface area contributed by atoms with Gasteiger partial charge >= 0.3 is 11.9 Å². The predicted octanol–water partition coefficient (Wildman–Crippen LogP) is 3.64. The normalized spacial score (nSPS) is 26.5. The summed E-state index contributed by atoms with van der Waals surface area (Å²) >= 11 is 0. The number of hydrogen-bond acceptors (Lipinski definition) is 3. The maximum Gasteiger partial charge on any atom is 0.310 e. The van der Waals surface area contributed by atoms with E-state index < -0.39 is 23.4 Å². The first-order valence-corrected chi connectivity index (χ1v) is 7.70. The molecule has 0 saturated heterocycles. The average Bonchev–Trinajstić information content (AvgIpc) is 2.71. The Morgan fingerprint density at radius 1 is 1.15 bits per heavy atom. The zero-order valence-electron chi connectivity index (χ0n) is 13.1. The Hall–Kier alpha value is -1.06. The highest BCUT2D eigenvalue weighted by molar-refractivity contribution is 5.82. The molecule has 3 atom stereocenters. The van der Waals surface area contributed by atoms with Crippen LogP contribution in [-0.2, 0) is 14.3 Å². The standard InChI is InChI=1S/C16H28O4/c1-5-6-7-8-11-9-12(14(17)18)13(10-11)15(19)20-16(2,3)4/h11-13H,5-10H2,1-4H3,(H,17,18)/t11?,12-,13-/m1/s1. The molecule has 0 radical (unpaired) electrons. The third-order valence-electron chi connectivity index (χ3n) is 3.90. The Labute approximate surface area is 121 Å². The van der Waals surface area contributed by atoms with Gasteiger partial charge in [-0.15, -0.1) is 0 Å². The van der Waals surface area contributed by atoms with Crippen LogP contribution in [0, 0.1) is 17.8 Å². The SMILES string of the molecule is CCCCCC1C[C@@H](C(=O)O)[C@H](C(=O)OC(C)(C)C)C1. The van der Waals surface area contributed by atoms with Crippen molar-refractivity contribution in [2.75, 3.05) is 0 Å². The molecular formula is C16H28O4. The molecule has 0 heterocycles. The van der Waals surface area contributed by atoms with E-state index in [0.717, 1.165) is 19.3 Å². The number of carbonyl (C=O) groups excluding carboxylic acids is 1. The fourth-order valence-corrected chi connectivity index (χ4v) is 2.97. The van der Waals surface area contributed by atoms with Crippen LogP contribution in [0.15, 0.2) is 0 Å². The van der Waals surface area contributed by atoms with Gasteiger partial charge in [-0.1, -0.05) is 32.6 Å². The monoisotopic (exact) mass is 284 g/mol. The number of carboxylic acid groups (broad SMARTS) is 1. The smallest absolute Gasteiger partial charge is 0.310 e. The van der Waals surface area contributed by atoms with E-state index in [2.05, 4.69) is 6.92 Å². The number of hydrogen-bond donors (Lipinski definition) is 1. The summed E-state index contributed by atoms with van der Waals surface area (Å²) < 4.78 is 5.37. The second-order valence-corrected chi connectivity index (χ2v) is 6.92. The van der Waals surface area contributed by atoms with Crippen molar-refractivity contribution in [2.45, 2.75) is 71.8 Å². The molecule has 0 aliphatic heterocycles. The molecule has 4 nitrogen and oxygen atoms in total. The van der Waals surface area contributed by atoms with Crippen molar-refractivity contribution in [2.24, 2.45) is 17.8 Å². The van der Waals surface area contributed by atoms with Crippen molar-refractivity contribution in [3.63, 3.8) is 0 Å². The first-order chi connectivity index (χ1) is 9.24. The molecule has 0 aromatic rings. The summed E-state index contributed by atoms with van der Waals surface area (Å²) in [5, 5.41) is 9.31. The molecule has 1 unspecified atom stereocenters. The summed E-state index contributed by atoms with van der Waals surface area (Å²) in [6.07, 6.45) is 5.75. The first kappa shape index (κ1) is 17.0. The summed E-state index contributed by atoms with van der Waals surface area (Å²) in [6.45, 7) is 7.59. The zero-order valence-corrected chi connectivity index (χ0v) is 13.1. The predicted molar refractivity (Wildman–Crippen MR) is 77.3 cm³/mol. The third-order valence-corrected chi connectivity index (χ3v) is 3.90. The second kappa shape index (κ2) is 7.09. The lowest BCUT2D eigenvalue weighted by molar-refractivity contribution is -0.165. The van der Waals surface area contributed by atoms with Crippen LogP contribution in [0.2, 0.25) is 0 Å². The van der Waals surface area contributed by atoms with Crippen LogP contribution in [0.5, 0.6) is 0 Å². The number of unbranched alkanes of at least 4 members (excludes halogenated alkanes) is 2. The van der Waals surface area contributed by atoms with Crippen molar-refractivity contribution in [3.8, 4) is 0 Å². The molecule has 1 aliphatic carbocycles. The molecule has 1 fully saturated rings. The molecule has 4 heteroatoms. The van der Waals surface area contributed by atoms with Crippen LogP contribution in [0.3, 0.4) is 0 Å². The van der Waals surface area contributed by atoms with Crippen molar-refractivity contribution in [3.05, 3.63) is 0 Å². The number of esters is 1. The Morgan fingerprint density at radius 2 is 1.75 bits per heavy atom. The Morgan fingerprint density at radius 3 is 2.25 bits per heavy atom. The number of rotatable bonds is 6. The Kier molecular flexibility index (Phi) is 6.03. The summed E-state index contributed by atoms with van der Waals surface area (Å²) in [4.78, 5) is 23.5. The van der Waals surface area contributed by atoms with E-state index in [-0.39, 0.29) is 5.97 Å². The molecular weight excluding hydrogens is 256 g/mol. The minimum atomic E-state index is -0.862. The number of aliphatic carboxylic acids is 1. The number of carbonyl (C=O) groups is 2. The van der Waals surface area contributed by atoms with E-state index in [0.29, 0.717) is 18.8 Å². The minimum absolute atomic E-state index is 0.345. The first-order valence-electron chi connectivity index (χ1n) is 7.70. The van der Waals surface area contributed by atoms with E-state index in [1.54, 1.807) is 0 Å². The summed E-state index contributed by atoms with van der Waals surface area (Å²) in [5.74, 6) is -1.91. The molecule has 0 aromatic carbocycles. The molecule has 20 heavy (non-hydrogen) atoms. The van der Waals surface area contributed by atoms with Gasteiger partial charge in [0.1, 0.15) is 5.60 Å². The van der Waals surface area contributed by atoms with Crippen LogP contribution in [0.1, 0.15) is 66.2 Å². The molecule has 1 N–H and O–H groups in total. The van der Waals surface area contributed by atoms with Gasteiger partial charge in [-0.25, -0.2) is 0 Å². The minimum Gasteiger partial charge on any atom is -0.481 e. The fraction of sp³-hybridized carbons (Fsp3) is 0.875. The number of carboxylic acids is 1. The van der Waals surface area contributed by atoms with E-state index >= 15 is 0 Å². The van der Waals surface area contributed by atoms with Crippen LogP contribution in [-0.4, -0.2) is 22.6 Å². The highest BCUT2D eigenvalue weighted by Crippen LogP contribution is 2.40. The van der Waals surface area contributed by atoms with Crippen LogP contribution >= 0.6 is 0 Å². The van der Waals surface area contributed by atoms with Crippen molar-refractivity contribution in [1.82, 2.24) is 0 Å². The molecule has 0 aromatic heterocycles.